The van der Waals surface area contributed by atoms with E-state index in [0.717, 1.165) is 43.5 Å². The van der Waals surface area contributed by atoms with Crippen LogP contribution in [0, 0.1) is 17.7 Å². The molecule has 2 fully saturated rings. The molecule has 2 aliphatic heterocycles. The van der Waals surface area contributed by atoms with Crippen molar-refractivity contribution < 1.29 is 13.9 Å². The van der Waals surface area contributed by atoms with Crippen molar-refractivity contribution in [1.82, 2.24) is 10.2 Å². The lowest BCUT2D eigenvalue weighted by Gasteiger charge is -2.39. The van der Waals surface area contributed by atoms with Crippen molar-refractivity contribution in [3.05, 3.63) is 71.0 Å². The van der Waals surface area contributed by atoms with Crippen LogP contribution >= 0.6 is 0 Å². The lowest BCUT2D eigenvalue weighted by atomic mass is 9.88. The van der Waals surface area contributed by atoms with E-state index in [1.807, 2.05) is 17.0 Å². The molecule has 28 heavy (non-hydrogen) atoms. The Balaban J connectivity index is 1.45. The van der Waals surface area contributed by atoms with E-state index >= 15 is 0 Å². The topological polar surface area (TPSA) is 41.6 Å². The van der Waals surface area contributed by atoms with Crippen molar-refractivity contribution >= 4 is 6.09 Å². The first-order chi connectivity index (χ1) is 13.7. The molecule has 2 bridgehead atoms. The summed E-state index contributed by atoms with van der Waals surface area (Å²) < 4.78 is 19.6. The first-order valence-electron chi connectivity index (χ1n) is 10.2. The maximum atomic E-state index is 13.5. The number of piperidine rings is 1. The number of benzene rings is 2. The summed E-state index contributed by atoms with van der Waals surface area (Å²) in [6.45, 7) is 2.47. The Kier molecular flexibility index (Phi) is 4.55. The minimum Gasteiger partial charge on any atom is -0.445 e. The van der Waals surface area contributed by atoms with E-state index < -0.39 is 0 Å². The van der Waals surface area contributed by atoms with Gasteiger partial charge in [0.1, 0.15) is 11.9 Å². The molecule has 0 aromatic heterocycles. The van der Waals surface area contributed by atoms with Crippen molar-refractivity contribution in [2.75, 3.05) is 19.6 Å². The highest BCUT2D eigenvalue weighted by Crippen LogP contribution is 2.39. The number of amides is 1. The standard InChI is InChI=1S/C23H25FN2O2/c24-19-9-7-16(8-10-19)21-20-4-2-1-3-15(20)11-12-26(21)23(27)28-22-17-5-6-18(22)14-25-13-17/h1-4,7-10,17-18,21-22,25H,5-6,11-14H2/t17-,18?,21?,22?/m0/s1. The second-order valence-corrected chi connectivity index (χ2v) is 8.20. The Morgan fingerprint density at radius 1 is 1.04 bits per heavy atom. The highest BCUT2D eigenvalue weighted by Gasteiger charge is 2.43. The summed E-state index contributed by atoms with van der Waals surface area (Å²) in [5, 5.41) is 3.44. The predicted molar refractivity (Wildman–Crippen MR) is 104 cm³/mol. The Morgan fingerprint density at radius 2 is 1.75 bits per heavy atom. The van der Waals surface area contributed by atoms with Gasteiger partial charge in [0.05, 0.1) is 6.04 Å². The Labute approximate surface area is 164 Å². The van der Waals surface area contributed by atoms with Crippen LogP contribution in [0.2, 0.25) is 0 Å². The second-order valence-electron chi connectivity index (χ2n) is 8.20. The molecule has 3 aliphatic rings. The third kappa shape index (κ3) is 3.08. The first-order valence-corrected chi connectivity index (χ1v) is 10.2. The van der Waals surface area contributed by atoms with E-state index in [-0.39, 0.29) is 24.1 Å². The zero-order valence-corrected chi connectivity index (χ0v) is 15.8. The van der Waals surface area contributed by atoms with Crippen molar-refractivity contribution in [3.8, 4) is 0 Å². The van der Waals surface area contributed by atoms with Gasteiger partial charge in [-0.15, -0.1) is 0 Å². The maximum Gasteiger partial charge on any atom is 0.410 e. The monoisotopic (exact) mass is 380 g/mol. The molecule has 1 N–H and O–H groups in total. The number of carbonyl (C=O) groups is 1. The SMILES string of the molecule is O=C(OC1C2CC[C@H]1CNC2)N1CCc2ccccc2C1c1ccc(F)cc1. The molecule has 4 nitrogen and oxygen atoms in total. The van der Waals surface area contributed by atoms with E-state index in [4.69, 9.17) is 4.74 Å². The molecule has 5 heteroatoms. The molecule has 0 spiro atoms. The van der Waals surface area contributed by atoms with Crippen molar-refractivity contribution in [1.29, 1.82) is 0 Å². The Morgan fingerprint density at radius 3 is 2.50 bits per heavy atom. The molecule has 1 saturated carbocycles. The van der Waals surface area contributed by atoms with Gasteiger partial charge >= 0.3 is 6.09 Å². The smallest absolute Gasteiger partial charge is 0.410 e. The van der Waals surface area contributed by atoms with Gasteiger partial charge in [-0.25, -0.2) is 9.18 Å². The van der Waals surface area contributed by atoms with Crippen LogP contribution in [0.15, 0.2) is 48.5 Å². The van der Waals surface area contributed by atoms with Gasteiger partial charge in [0.2, 0.25) is 0 Å². The molecular weight excluding hydrogens is 355 g/mol. The third-order valence-electron chi connectivity index (χ3n) is 6.59. The van der Waals surface area contributed by atoms with E-state index in [1.165, 1.54) is 17.7 Å². The molecule has 4 atom stereocenters. The highest BCUT2D eigenvalue weighted by molar-refractivity contribution is 5.70. The molecule has 1 aliphatic carbocycles. The molecule has 146 valence electrons. The number of fused-ring (bicyclic) bond motifs is 3. The van der Waals surface area contributed by atoms with E-state index in [2.05, 4.69) is 17.4 Å². The largest absolute Gasteiger partial charge is 0.445 e. The third-order valence-corrected chi connectivity index (χ3v) is 6.59. The quantitative estimate of drug-likeness (QED) is 0.859. The molecule has 0 radical (unpaired) electrons. The summed E-state index contributed by atoms with van der Waals surface area (Å²) in [5.41, 5.74) is 3.26. The van der Waals surface area contributed by atoms with Crippen molar-refractivity contribution in [2.45, 2.75) is 31.4 Å². The molecular formula is C23H25FN2O2. The van der Waals surface area contributed by atoms with Crippen molar-refractivity contribution in [2.24, 2.45) is 11.8 Å². The molecule has 2 heterocycles. The van der Waals surface area contributed by atoms with E-state index in [0.29, 0.717) is 18.4 Å². The zero-order chi connectivity index (χ0) is 19.1. The maximum absolute atomic E-state index is 13.5. The number of hydrogen-bond acceptors (Lipinski definition) is 3. The summed E-state index contributed by atoms with van der Waals surface area (Å²) in [6.07, 6.45) is 2.83. The van der Waals surface area contributed by atoms with Gasteiger partial charge < -0.3 is 10.1 Å². The highest BCUT2D eigenvalue weighted by atomic mass is 19.1. The summed E-state index contributed by atoms with van der Waals surface area (Å²) in [6, 6.07) is 14.4. The number of halogens is 1. The van der Waals surface area contributed by atoms with E-state index in [1.54, 1.807) is 12.1 Å². The van der Waals surface area contributed by atoms with Gasteiger partial charge in [-0.1, -0.05) is 36.4 Å². The average molecular weight is 380 g/mol. The Hall–Kier alpha value is -2.40. The van der Waals surface area contributed by atoms with Crippen LogP contribution in [0.25, 0.3) is 0 Å². The molecule has 1 amide bonds. The number of rotatable bonds is 2. The van der Waals surface area contributed by atoms with Crippen LogP contribution < -0.4 is 5.32 Å². The summed E-state index contributed by atoms with van der Waals surface area (Å²) in [4.78, 5) is 15.1. The van der Waals surface area contributed by atoms with Gasteiger partial charge in [0, 0.05) is 31.5 Å². The normalized spacial score (nSPS) is 28.7. The van der Waals surface area contributed by atoms with Gasteiger partial charge in [-0.3, -0.25) is 4.90 Å². The zero-order valence-electron chi connectivity index (χ0n) is 15.8. The molecule has 2 aromatic carbocycles. The minimum absolute atomic E-state index is 0.0137. The number of hydrogen-bond donors (Lipinski definition) is 1. The molecule has 2 aromatic rings. The van der Waals surface area contributed by atoms with Gasteiger partial charge in [0.15, 0.2) is 0 Å². The van der Waals surface area contributed by atoms with Gasteiger partial charge in [-0.2, -0.15) is 0 Å². The van der Waals surface area contributed by atoms with Crippen LogP contribution in [0.3, 0.4) is 0 Å². The van der Waals surface area contributed by atoms with Crippen LogP contribution in [-0.2, 0) is 11.2 Å². The number of nitrogens with zero attached hydrogens (tertiary/aromatic N) is 1. The second kappa shape index (κ2) is 7.21. The molecule has 3 unspecified atom stereocenters. The lowest BCUT2D eigenvalue weighted by molar-refractivity contribution is 0.00835. The summed E-state index contributed by atoms with van der Waals surface area (Å²) in [5.74, 6) is 0.571. The number of ether oxygens (including phenoxy) is 1. The predicted octanol–water partition coefficient (Wildman–Crippen LogP) is 3.91. The van der Waals surface area contributed by atoms with Crippen LogP contribution in [0.1, 0.15) is 35.6 Å². The number of nitrogens with one attached hydrogen (secondary N) is 1. The minimum atomic E-state index is -0.270. The van der Waals surface area contributed by atoms with E-state index in [9.17, 15) is 9.18 Å². The fourth-order valence-electron chi connectivity index (χ4n) is 5.18. The van der Waals surface area contributed by atoms with Crippen LogP contribution in [-0.4, -0.2) is 36.7 Å². The number of carbonyl (C=O) groups excluding carboxylic acids is 1. The van der Waals surface area contributed by atoms with Gasteiger partial charge in [-0.05, 0) is 48.1 Å². The van der Waals surface area contributed by atoms with Crippen molar-refractivity contribution in [3.63, 3.8) is 0 Å². The fourth-order valence-corrected chi connectivity index (χ4v) is 5.18. The summed E-state index contributed by atoms with van der Waals surface area (Å²) in [7, 11) is 0. The van der Waals surface area contributed by atoms with Crippen LogP contribution in [0.4, 0.5) is 9.18 Å². The lowest BCUT2D eigenvalue weighted by Crippen LogP contribution is -2.48. The fraction of sp³-hybridized carbons (Fsp3) is 0.435. The molecule has 5 rings (SSSR count). The average Bonchev–Trinajstić information content (AvgIpc) is 2.94. The van der Waals surface area contributed by atoms with Gasteiger partial charge in [0.25, 0.3) is 0 Å². The first kappa shape index (κ1) is 17.7. The Bertz CT molecular complexity index is 853. The molecule has 1 saturated heterocycles. The summed E-state index contributed by atoms with van der Waals surface area (Å²) >= 11 is 0. The van der Waals surface area contributed by atoms with Crippen LogP contribution in [0.5, 0.6) is 0 Å².